The van der Waals surface area contributed by atoms with E-state index in [4.69, 9.17) is 10.5 Å². The van der Waals surface area contributed by atoms with Gasteiger partial charge in [-0.3, -0.25) is 4.72 Å². The molecule has 2 rings (SSSR count). The minimum Gasteiger partial charge on any atom is -0.492 e. The molecule has 112 valence electrons. The van der Waals surface area contributed by atoms with Crippen molar-refractivity contribution in [3.63, 3.8) is 0 Å². The summed E-state index contributed by atoms with van der Waals surface area (Å²) in [4.78, 5) is 0. The highest BCUT2D eigenvalue weighted by atomic mass is 79.9. The lowest BCUT2D eigenvalue weighted by molar-refractivity contribution is 0.341. The van der Waals surface area contributed by atoms with Gasteiger partial charge in [0.05, 0.1) is 0 Å². The smallest absolute Gasteiger partial charge is 0.236 e. The first-order chi connectivity index (χ1) is 9.94. The summed E-state index contributed by atoms with van der Waals surface area (Å²) in [5.74, 6) is 0.450. The van der Waals surface area contributed by atoms with E-state index in [9.17, 15) is 8.42 Å². The van der Waals surface area contributed by atoms with Crippen LogP contribution in [-0.2, 0) is 10.0 Å². The highest BCUT2D eigenvalue weighted by Crippen LogP contribution is 2.17. The van der Waals surface area contributed by atoms with Crippen molar-refractivity contribution in [3.05, 3.63) is 53.0 Å². The van der Waals surface area contributed by atoms with Crippen LogP contribution in [-0.4, -0.2) is 20.8 Å². The first-order valence-corrected chi connectivity index (χ1v) is 8.63. The number of nitrogen functional groups attached to an aromatic ring is 1. The maximum absolute atomic E-state index is 11.9. The van der Waals surface area contributed by atoms with Crippen molar-refractivity contribution in [2.75, 3.05) is 22.8 Å². The zero-order chi connectivity index (χ0) is 15.3. The highest BCUT2D eigenvalue weighted by molar-refractivity contribution is 9.10. The lowest BCUT2D eigenvalue weighted by atomic mass is 10.3. The summed E-state index contributed by atoms with van der Waals surface area (Å²) in [5, 5.41) is 0. The summed E-state index contributed by atoms with van der Waals surface area (Å²) in [6, 6.07) is 13.7. The largest absolute Gasteiger partial charge is 0.492 e. The Morgan fingerprint density at radius 3 is 2.52 bits per heavy atom. The normalized spacial score (nSPS) is 11.1. The van der Waals surface area contributed by atoms with E-state index in [1.807, 2.05) is 6.07 Å². The van der Waals surface area contributed by atoms with Crippen molar-refractivity contribution in [3.8, 4) is 5.75 Å². The average Bonchev–Trinajstić information content (AvgIpc) is 2.40. The van der Waals surface area contributed by atoms with Crippen LogP contribution < -0.4 is 15.2 Å². The van der Waals surface area contributed by atoms with Crippen LogP contribution in [0.5, 0.6) is 5.75 Å². The molecule has 5 nitrogen and oxygen atoms in total. The van der Waals surface area contributed by atoms with Crippen LogP contribution in [0.2, 0.25) is 0 Å². The Labute approximate surface area is 132 Å². The molecule has 0 aliphatic heterocycles. The highest BCUT2D eigenvalue weighted by Gasteiger charge is 2.11. The molecule has 0 fully saturated rings. The van der Waals surface area contributed by atoms with Gasteiger partial charge in [-0.25, -0.2) is 8.42 Å². The molecule has 0 amide bonds. The van der Waals surface area contributed by atoms with Crippen molar-refractivity contribution in [2.45, 2.75) is 0 Å². The molecule has 3 N–H and O–H groups in total. The summed E-state index contributed by atoms with van der Waals surface area (Å²) >= 11 is 3.29. The third-order valence-electron chi connectivity index (χ3n) is 2.60. The summed E-state index contributed by atoms with van der Waals surface area (Å²) in [7, 11) is -3.45. The number of rotatable bonds is 6. The average molecular weight is 371 g/mol. The van der Waals surface area contributed by atoms with Crippen molar-refractivity contribution in [2.24, 2.45) is 0 Å². The second kappa shape index (κ2) is 6.82. The van der Waals surface area contributed by atoms with Gasteiger partial charge in [-0.05, 0) is 42.5 Å². The molecule has 0 radical (unpaired) electrons. The molecule has 0 unspecified atom stereocenters. The third-order valence-corrected chi connectivity index (χ3v) is 4.34. The molecular formula is C14H15BrN2O3S. The predicted octanol–water partition coefficient (Wildman–Crippen LogP) is 2.85. The second-order valence-electron chi connectivity index (χ2n) is 4.35. The number of anilines is 2. The van der Waals surface area contributed by atoms with Crippen molar-refractivity contribution < 1.29 is 13.2 Å². The Morgan fingerprint density at radius 1 is 1.14 bits per heavy atom. The van der Waals surface area contributed by atoms with Crippen LogP contribution in [0.3, 0.4) is 0 Å². The van der Waals surface area contributed by atoms with Crippen molar-refractivity contribution >= 4 is 37.3 Å². The number of sulfonamides is 1. The molecule has 0 bridgehead atoms. The fourth-order valence-electron chi connectivity index (χ4n) is 1.62. The van der Waals surface area contributed by atoms with E-state index < -0.39 is 10.0 Å². The fraction of sp³-hybridized carbons (Fsp3) is 0.143. The molecule has 21 heavy (non-hydrogen) atoms. The van der Waals surface area contributed by atoms with Gasteiger partial charge in [0.1, 0.15) is 18.1 Å². The van der Waals surface area contributed by atoms with Gasteiger partial charge in [-0.2, -0.15) is 0 Å². The maximum atomic E-state index is 11.9. The standard InChI is InChI=1S/C14H15BrN2O3S/c15-11-2-1-3-13(10-11)17-21(18,19)9-8-20-14-6-4-12(16)5-7-14/h1-7,10,17H,8-9,16H2. The molecule has 0 saturated heterocycles. The monoisotopic (exact) mass is 370 g/mol. The van der Waals surface area contributed by atoms with Gasteiger partial charge in [0.2, 0.25) is 10.0 Å². The number of benzene rings is 2. The van der Waals surface area contributed by atoms with Gasteiger partial charge in [0.25, 0.3) is 0 Å². The minimum atomic E-state index is -3.45. The van der Waals surface area contributed by atoms with Crippen LogP contribution >= 0.6 is 15.9 Å². The van der Waals surface area contributed by atoms with Gasteiger partial charge >= 0.3 is 0 Å². The Kier molecular flexibility index (Phi) is 5.08. The number of nitrogens with two attached hydrogens (primary N) is 1. The third kappa shape index (κ3) is 5.28. The maximum Gasteiger partial charge on any atom is 0.236 e. The van der Waals surface area contributed by atoms with E-state index in [1.54, 1.807) is 42.5 Å². The number of hydrogen-bond donors (Lipinski definition) is 2. The topological polar surface area (TPSA) is 81.4 Å². The zero-order valence-electron chi connectivity index (χ0n) is 11.1. The quantitative estimate of drug-likeness (QED) is 0.766. The summed E-state index contributed by atoms with van der Waals surface area (Å²) in [6.07, 6.45) is 0. The van der Waals surface area contributed by atoms with Gasteiger partial charge in [0.15, 0.2) is 0 Å². The molecule has 0 heterocycles. The Balaban J connectivity index is 1.88. The molecule has 0 aliphatic carbocycles. The van der Waals surface area contributed by atoms with Crippen LogP contribution in [0.4, 0.5) is 11.4 Å². The Hall–Kier alpha value is -1.73. The molecule has 2 aromatic rings. The Bertz CT molecular complexity index is 702. The van der Waals surface area contributed by atoms with E-state index in [0.29, 0.717) is 17.1 Å². The molecular weight excluding hydrogens is 356 g/mol. The Morgan fingerprint density at radius 2 is 1.86 bits per heavy atom. The van der Waals surface area contributed by atoms with Crippen molar-refractivity contribution in [1.29, 1.82) is 0 Å². The summed E-state index contributed by atoms with van der Waals surface area (Å²) in [5.41, 5.74) is 6.70. The van der Waals surface area contributed by atoms with E-state index in [0.717, 1.165) is 4.47 Å². The predicted molar refractivity (Wildman–Crippen MR) is 87.9 cm³/mol. The molecule has 7 heteroatoms. The first-order valence-electron chi connectivity index (χ1n) is 6.19. The zero-order valence-corrected chi connectivity index (χ0v) is 13.5. The van der Waals surface area contributed by atoms with E-state index in [1.165, 1.54) is 0 Å². The van der Waals surface area contributed by atoms with Gasteiger partial charge in [-0.15, -0.1) is 0 Å². The molecule has 0 spiro atoms. The number of ether oxygens (including phenoxy) is 1. The second-order valence-corrected chi connectivity index (χ2v) is 7.11. The summed E-state index contributed by atoms with van der Waals surface area (Å²) in [6.45, 7) is 0.0628. The van der Waals surface area contributed by atoms with Crippen LogP contribution in [0.25, 0.3) is 0 Å². The van der Waals surface area contributed by atoms with E-state index in [2.05, 4.69) is 20.7 Å². The molecule has 0 aliphatic rings. The van der Waals surface area contributed by atoms with Crippen LogP contribution in [0, 0.1) is 0 Å². The van der Waals surface area contributed by atoms with Gasteiger partial charge in [0, 0.05) is 15.8 Å². The SMILES string of the molecule is Nc1ccc(OCCS(=O)(=O)Nc2cccc(Br)c2)cc1. The number of hydrogen-bond acceptors (Lipinski definition) is 4. The lowest BCUT2D eigenvalue weighted by Crippen LogP contribution is -2.21. The molecule has 0 saturated carbocycles. The minimum absolute atomic E-state index is 0.0628. The van der Waals surface area contributed by atoms with Crippen molar-refractivity contribution in [1.82, 2.24) is 0 Å². The van der Waals surface area contributed by atoms with Gasteiger partial charge in [-0.1, -0.05) is 22.0 Å². The van der Waals surface area contributed by atoms with Crippen LogP contribution in [0.1, 0.15) is 0 Å². The van der Waals surface area contributed by atoms with Gasteiger partial charge < -0.3 is 10.5 Å². The number of halogens is 1. The summed E-state index contributed by atoms with van der Waals surface area (Å²) < 4.78 is 32.5. The molecule has 0 aromatic heterocycles. The lowest BCUT2D eigenvalue weighted by Gasteiger charge is -2.09. The number of nitrogens with one attached hydrogen (secondary N) is 1. The fourth-order valence-corrected chi connectivity index (χ4v) is 2.91. The first kappa shape index (κ1) is 15.7. The van der Waals surface area contributed by atoms with Crippen LogP contribution in [0.15, 0.2) is 53.0 Å². The molecule has 0 atom stereocenters. The molecule has 2 aromatic carbocycles. The van der Waals surface area contributed by atoms with E-state index >= 15 is 0 Å². The van der Waals surface area contributed by atoms with E-state index in [-0.39, 0.29) is 12.4 Å².